The molecule has 0 atom stereocenters. The highest BCUT2D eigenvalue weighted by atomic mass is 15.1. The van der Waals surface area contributed by atoms with Gasteiger partial charge in [-0.15, -0.1) is 0 Å². The average Bonchev–Trinajstić information content (AvgIpc) is 3.71. The second kappa shape index (κ2) is 16.2. The van der Waals surface area contributed by atoms with Crippen molar-refractivity contribution in [1.82, 2.24) is 4.57 Å². The summed E-state index contributed by atoms with van der Waals surface area (Å²) in [5.74, 6) is 0.589. The van der Waals surface area contributed by atoms with Crippen LogP contribution in [0, 0.1) is 0 Å². The van der Waals surface area contributed by atoms with Crippen molar-refractivity contribution in [1.29, 1.82) is 0 Å². The molecule has 306 valence electrons. The van der Waals surface area contributed by atoms with E-state index in [4.69, 9.17) is 0 Å². The fraction of sp³-hybridized carbons (Fsp3) is 0.0968. The van der Waals surface area contributed by atoms with E-state index in [1.54, 1.807) is 0 Å². The summed E-state index contributed by atoms with van der Waals surface area (Å²) in [4.78, 5) is 2.46. The SMILES string of the molecule is c1ccc(-n2c3ccccc3c3cc(-c4ccc(N(c5ccc(-c6ccc7ccccc7c6)cc5)c5ccccc5-c5cccc6cccc(C7CCCCC7)c56)cc4)ccc32)cc1. The largest absolute Gasteiger partial charge is 0.310 e. The van der Waals surface area contributed by atoms with Crippen molar-refractivity contribution in [3.63, 3.8) is 0 Å². The number of para-hydroxylation sites is 3. The summed E-state index contributed by atoms with van der Waals surface area (Å²) in [6.07, 6.45) is 6.49. The highest BCUT2D eigenvalue weighted by Crippen LogP contribution is 2.46. The van der Waals surface area contributed by atoms with Gasteiger partial charge < -0.3 is 9.47 Å². The molecule has 11 aromatic rings. The van der Waals surface area contributed by atoms with Crippen molar-refractivity contribution in [2.45, 2.75) is 38.0 Å². The smallest absolute Gasteiger partial charge is 0.0541 e. The molecule has 1 heterocycles. The molecule has 0 spiro atoms. The topological polar surface area (TPSA) is 8.17 Å². The van der Waals surface area contributed by atoms with E-state index in [9.17, 15) is 0 Å². The number of fused-ring (bicyclic) bond motifs is 5. The Morgan fingerprint density at radius 3 is 1.73 bits per heavy atom. The Labute approximate surface area is 375 Å². The summed E-state index contributed by atoms with van der Waals surface area (Å²) in [6.45, 7) is 0. The van der Waals surface area contributed by atoms with E-state index in [0.29, 0.717) is 5.92 Å². The molecule has 0 aliphatic heterocycles. The summed E-state index contributed by atoms with van der Waals surface area (Å²) >= 11 is 0. The van der Waals surface area contributed by atoms with Gasteiger partial charge in [0.25, 0.3) is 0 Å². The number of benzene rings is 10. The molecule has 1 aliphatic carbocycles. The minimum Gasteiger partial charge on any atom is -0.310 e. The molecule has 2 nitrogen and oxygen atoms in total. The monoisotopic (exact) mass is 820 g/mol. The average molecular weight is 821 g/mol. The number of nitrogens with zero attached hydrogens (tertiary/aromatic N) is 2. The predicted octanol–water partition coefficient (Wildman–Crippen LogP) is 17.6. The maximum Gasteiger partial charge on any atom is 0.0541 e. The van der Waals surface area contributed by atoms with E-state index in [1.807, 2.05) is 0 Å². The van der Waals surface area contributed by atoms with Crippen LogP contribution in [0.4, 0.5) is 17.1 Å². The van der Waals surface area contributed by atoms with Gasteiger partial charge in [0.2, 0.25) is 0 Å². The zero-order valence-corrected chi connectivity index (χ0v) is 35.9. The summed E-state index contributed by atoms with van der Waals surface area (Å²) in [5, 5.41) is 7.74. The van der Waals surface area contributed by atoms with Gasteiger partial charge in [-0.3, -0.25) is 0 Å². The van der Waals surface area contributed by atoms with Crippen molar-refractivity contribution in [3.8, 4) is 39.1 Å². The predicted molar refractivity (Wildman–Crippen MR) is 273 cm³/mol. The molecule has 1 aromatic heterocycles. The molecular formula is C62H48N2. The van der Waals surface area contributed by atoms with Crippen molar-refractivity contribution in [2.75, 3.05) is 4.90 Å². The molecule has 1 saturated carbocycles. The van der Waals surface area contributed by atoms with Crippen LogP contribution in [0.2, 0.25) is 0 Å². The third-order valence-electron chi connectivity index (χ3n) is 13.8. The first kappa shape index (κ1) is 38.0. The summed E-state index contributed by atoms with van der Waals surface area (Å²) in [7, 11) is 0. The number of hydrogen-bond donors (Lipinski definition) is 0. The Hall–Kier alpha value is -7.68. The van der Waals surface area contributed by atoms with Gasteiger partial charge in [0.1, 0.15) is 0 Å². The number of rotatable bonds is 8. The highest BCUT2D eigenvalue weighted by molar-refractivity contribution is 6.10. The second-order valence-corrected chi connectivity index (χ2v) is 17.5. The fourth-order valence-corrected chi connectivity index (χ4v) is 10.7. The molecule has 0 amide bonds. The lowest BCUT2D eigenvalue weighted by Crippen LogP contribution is -2.11. The van der Waals surface area contributed by atoms with Crippen LogP contribution >= 0.6 is 0 Å². The van der Waals surface area contributed by atoms with Gasteiger partial charge in [-0.05, 0) is 140 Å². The maximum absolute atomic E-state index is 2.46. The van der Waals surface area contributed by atoms with Gasteiger partial charge >= 0.3 is 0 Å². The Morgan fingerprint density at radius 2 is 0.953 bits per heavy atom. The molecule has 1 aliphatic rings. The van der Waals surface area contributed by atoms with Crippen LogP contribution < -0.4 is 4.90 Å². The van der Waals surface area contributed by atoms with Crippen molar-refractivity contribution >= 4 is 60.4 Å². The third-order valence-corrected chi connectivity index (χ3v) is 13.8. The molecule has 0 saturated heterocycles. The van der Waals surface area contributed by atoms with Gasteiger partial charge in [0.05, 0.1) is 16.7 Å². The summed E-state index contributed by atoms with van der Waals surface area (Å²) < 4.78 is 2.38. The van der Waals surface area contributed by atoms with Crippen LogP contribution in [0.25, 0.3) is 82.4 Å². The van der Waals surface area contributed by atoms with Gasteiger partial charge in [-0.25, -0.2) is 0 Å². The van der Waals surface area contributed by atoms with Crippen LogP contribution in [0.1, 0.15) is 43.6 Å². The summed E-state index contributed by atoms with van der Waals surface area (Å²) in [6, 6.07) is 83.0. The molecule has 2 heteroatoms. The van der Waals surface area contributed by atoms with E-state index in [1.165, 1.54) is 120 Å². The normalized spacial score (nSPS) is 13.2. The third kappa shape index (κ3) is 6.74. The molecule has 10 aromatic carbocycles. The Bertz CT molecular complexity index is 3460. The van der Waals surface area contributed by atoms with Gasteiger partial charge in [-0.1, -0.05) is 177 Å². The summed E-state index contributed by atoms with van der Waals surface area (Å²) in [5.41, 5.74) is 15.8. The Balaban J connectivity index is 0.988. The first-order chi connectivity index (χ1) is 31.7. The highest BCUT2D eigenvalue weighted by Gasteiger charge is 2.23. The first-order valence-corrected chi connectivity index (χ1v) is 22.9. The standard InChI is InChI=1S/C62H48N2/c1-3-16-46(17-4-1)54-25-13-19-47-20-14-26-57(62(47)54)55-23-9-11-27-59(55)63(52-36-31-44(32-37-52)49-30-29-43-15-7-8-18-48(43)41-49)53-38-33-45(34-39-53)50-35-40-61-58(42-50)56-24-10-12-28-60(56)64(61)51-21-5-2-6-22-51/h2,5-15,18-42,46H,1,3-4,16-17H2. The van der Waals surface area contributed by atoms with Crippen LogP contribution in [-0.2, 0) is 0 Å². The van der Waals surface area contributed by atoms with Gasteiger partial charge in [0, 0.05) is 33.4 Å². The number of anilines is 3. The molecule has 0 unspecified atom stereocenters. The molecule has 0 bridgehead atoms. The number of hydrogen-bond acceptors (Lipinski definition) is 1. The van der Waals surface area contributed by atoms with E-state index in [0.717, 1.165) is 17.1 Å². The van der Waals surface area contributed by atoms with E-state index in [2.05, 4.69) is 234 Å². The van der Waals surface area contributed by atoms with Crippen LogP contribution in [0.3, 0.4) is 0 Å². The van der Waals surface area contributed by atoms with E-state index < -0.39 is 0 Å². The zero-order valence-electron chi connectivity index (χ0n) is 35.9. The lowest BCUT2D eigenvalue weighted by atomic mass is 9.80. The minimum absolute atomic E-state index is 0.589. The molecule has 1 fully saturated rings. The van der Waals surface area contributed by atoms with Crippen molar-refractivity contribution < 1.29 is 0 Å². The molecule has 0 N–H and O–H groups in total. The number of aromatic nitrogens is 1. The van der Waals surface area contributed by atoms with Gasteiger partial charge in [0.15, 0.2) is 0 Å². The van der Waals surface area contributed by atoms with Crippen LogP contribution in [0.5, 0.6) is 0 Å². The molecule has 12 rings (SSSR count). The Morgan fingerprint density at radius 1 is 0.375 bits per heavy atom. The molecule has 0 radical (unpaired) electrons. The minimum atomic E-state index is 0.589. The zero-order chi connectivity index (χ0) is 42.4. The van der Waals surface area contributed by atoms with Crippen LogP contribution in [0.15, 0.2) is 224 Å². The lowest BCUT2D eigenvalue weighted by Gasteiger charge is -2.29. The van der Waals surface area contributed by atoms with Crippen molar-refractivity contribution in [3.05, 3.63) is 230 Å². The van der Waals surface area contributed by atoms with Gasteiger partial charge in [-0.2, -0.15) is 0 Å². The maximum atomic E-state index is 2.46. The second-order valence-electron chi connectivity index (χ2n) is 17.5. The van der Waals surface area contributed by atoms with Crippen LogP contribution in [-0.4, -0.2) is 4.57 Å². The lowest BCUT2D eigenvalue weighted by molar-refractivity contribution is 0.445. The molecule has 64 heavy (non-hydrogen) atoms. The van der Waals surface area contributed by atoms with Crippen molar-refractivity contribution in [2.24, 2.45) is 0 Å². The quantitative estimate of drug-likeness (QED) is 0.148. The fourth-order valence-electron chi connectivity index (χ4n) is 10.7. The van der Waals surface area contributed by atoms with E-state index in [-0.39, 0.29) is 0 Å². The van der Waals surface area contributed by atoms with E-state index >= 15 is 0 Å². The molecular weight excluding hydrogens is 773 g/mol. The first-order valence-electron chi connectivity index (χ1n) is 22.9. The Kier molecular flexibility index (Phi) is 9.64.